The van der Waals surface area contributed by atoms with E-state index in [0.29, 0.717) is 3.92 Å². The summed E-state index contributed by atoms with van der Waals surface area (Å²) in [7, 11) is 0. The number of fused-ring (bicyclic) bond motifs is 3. The van der Waals surface area contributed by atoms with Crippen LogP contribution in [0.2, 0.25) is 0 Å². The summed E-state index contributed by atoms with van der Waals surface area (Å²) in [5.74, 6) is -1.24. The summed E-state index contributed by atoms with van der Waals surface area (Å²) in [6.07, 6.45) is -0.483. The Kier molecular flexibility index (Phi) is 4.50. The Morgan fingerprint density at radius 1 is 1.35 bits per heavy atom. The van der Waals surface area contributed by atoms with Crippen LogP contribution in [0.25, 0.3) is 0 Å². The highest BCUT2D eigenvalue weighted by Crippen LogP contribution is 2.38. The standard InChI is InChI=1S/C16H26INO5/c1-15(2,3)23-14(20)11(19)10-13-12(21-16(4,5)22-13)9-8(17)6-7-18(9)10/h8-13,19H,6-7H2,1-5H3/p+1/t8-,9+,10-,11+,12+,13-/m0/s1. The van der Waals surface area contributed by atoms with Gasteiger partial charge < -0.3 is 24.2 Å². The molecule has 0 saturated carbocycles. The van der Waals surface area contributed by atoms with E-state index < -0.39 is 23.5 Å². The first-order valence-electron chi connectivity index (χ1n) is 8.26. The first kappa shape index (κ1) is 17.8. The maximum Gasteiger partial charge on any atom is 0.341 e. The van der Waals surface area contributed by atoms with E-state index in [0.717, 1.165) is 13.0 Å². The number of aliphatic hydroxyl groups excluding tert-OH is 1. The van der Waals surface area contributed by atoms with E-state index >= 15 is 0 Å². The molecule has 3 aliphatic heterocycles. The molecule has 7 atom stereocenters. The third kappa shape index (κ3) is 3.27. The van der Waals surface area contributed by atoms with Gasteiger partial charge in [0.05, 0.1) is 10.5 Å². The summed E-state index contributed by atoms with van der Waals surface area (Å²) < 4.78 is 18.0. The normalized spacial score (nSPS) is 43.1. The molecule has 0 aromatic rings. The van der Waals surface area contributed by atoms with Crippen molar-refractivity contribution in [2.24, 2.45) is 0 Å². The van der Waals surface area contributed by atoms with Gasteiger partial charge in [-0.3, -0.25) is 0 Å². The topological polar surface area (TPSA) is 69.4 Å². The lowest BCUT2D eigenvalue weighted by Gasteiger charge is -2.31. The van der Waals surface area contributed by atoms with Crippen LogP contribution < -0.4 is 4.90 Å². The van der Waals surface area contributed by atoms with Crippen molar-refractivity contribution >= 4 is 28.6 Å². The second-order valence-corrected chi connectivity index (χ2v) is 9.82. The third-order valence-corrected chi connectivity index (χ3v) is 6.21. The molecule has 0 radical (unpaired) electrons. The van der Waals surface area contributed by atoms with Crippen LogP contribution in [0.5, 0.6) is 0 Å². The van der Waals surface area contributed by atoms with Crippen molar-refractivity contribution in [2.45, 2.75) is 86.7 Å². The predicted molar refractivity (Wildman–Crippen MR) is 91.5 cm³/mol. The molecule has 3 heterocycles. The molecule has 0 spiro atoms. The number of carbonyl (C=O) groups is 1. The third-order valence-electron chi connectivity index (χ3n) is 4.81. The lowest BCUT2D eigenvalue weighted by molar-refractivity contribution is -0.929. The zero-order valence-electron chi connectivity index (χ0n) is 14.3. The number of halogens is 1. The van der Waals surface area contributed by atoms with Crippen molar-refractivity contribution in [1.29, 1.82) is 0 Å². The summed E-state index contributed by atoms with van der Waals surface area (Å²) in [5, 5.41) is 10.7. The Bertz CT molecular complexity index is 491. The Morgan fingerprint density at radius 2 is 1.96 bits per heavy atom. The van der Waals surface area contributed by atoms with Crippen molar-refractivity contribution in [3.8, 4) is 0 Å². The van der Waals surface area contributed by atoms with Gasteiger partial charge in [0.1, 0.15) is 23.9 Å². The molecule has 7 heteroatoms. The predicted octanol–water partition coefficient (Wildman–Crippen LogP) is 0.0521. The zero-order chi connectivity index (χ0) is 17.2. The minimum absolute atomic E-state index is 0.0773. The van der Waals surface area contributed by atoms with E-state index in [1.54, 1.807) is 20.8 Å². The van der Waals surface area contributed by atoms with Crippen molar-refractivity contribution in [2.75, 3.05) is 6.54 Å². The van der Waals surface area contributed by atoms with E-state index in [2.05, 4.69) is 22.6 Å². The molecular weight excluding hydrogens is 413 g/mol. The Balaban J connectivity index is 1.84. The minimum atomic E-state index is -1.19. The van der Waals surface area contributed by atoms with E-state index in [1.807, 2.05) is 13.8 Å². The number of ether oxygens (including phenoxy) is 3. The number of aliphatic hydroxyl groups is 1. The number of carbonyl (C=O) groups excluding carboxylic acids is 1. The summed E-state index contributed by atoms with van der Waals surface area (Å²) in [6.45, 7) is 10.1. The van der Waals surface area contributed by atoms with Crippen LogP contribution in [-0.2, 0) is 19.0 Å². The van der Waals surface area contributed by atoms with Crippen LogP contribution in [0, 0.1) is 0 Å². The van der Waals surface area contributed by atoms with Gasteiger partial charge in [-0.15, -0.1) is 0 Å². The molecule has 0 aromatic heterocycles. The molecule has 1 unspecified atom stereocenters. The van der Waals surface area contributed by atoms with Gasteiger partial charge in [0, 0.05) is 6.42 Å². The van der Waals surface area contributed by atoms with Crippen LogP contribution in [0.3, 0.4) is 0 Å². The molecule has 0 aliphatic carbocycles. The van der Waals surface area contributed by atoms with Gasteiger partial charge in [0.2, 0.25) is 6.10 Å². The summed E-state index contributed by atoms with van der Waals surface area (Å²) in [6, 6.07) is -0.0779. The average Bonchev–Trinajstić information content (AvgIpc) is 2.96. The molecule has 0 amide bonds. The quantitative estimate of drug-likeness (QED) is 0.361. The van der Waals surface area contributed by atoms with Gasteiger partial charge in [0.25, 0.3) is 0 Å². The van der Waals surface area contributed by atoms with Gasteiger partial charge >= 0.3 is 5.97 Å². The van der Waals surface area contributed by atoms with Crippen molar-refractivity contribution in [1.82, 2.24) is 0 Å². The minimum Gasteiger partial charge on any atom is -0.458 e. The fourth-order valence-corrected chi connectivity index (χ4v) is 5.35. The Morgan fingerprint density at radius 3 is 2.57 bits per heavy atom. The Labute approximate surface area is 151 Å². The maximum absolute atomic E-state index is 12.4. The number of quaternary nitrogens is 1. The fraction of sp³-hybridized carbons (Fsp3) is 0.938. The first-order valence-corrected chi connectivity index (χ1v) is 9.51. The van der Waals surface area contributed by atoms with Crippen LogP contribution in [0.4, 0.5) is 0 Å². The molecule has 3 rings (SSSR count). The average molecular weight is 440 g/mol. The Hall–Kier alpha value is 0.0400. The summed E-state index contributed by atoms with van der Waals surface area (Å²) >= 11 is 2.46. The SMILES string of the molecule is CC(C)(C)OC(=O)[C@H](O)[C@H]1[C@@H]2OC(C)(C)O[C@@H]2[C@H]2[C@@H](I)CC[NH+]12. The largest absolute Gasteiger partial charge is 0.458 e. The number of esters is 1. The first-order chi connectivity index (χ1) is 10.5. The van der Waals surface area contributed by atoms with Crippen LogP contribution in [0.15, 0.2) is 0 Å². The highest BCUT2D eigenvalue weighted by molar-refractivity contribution is 14.1. The van der Waals surface area contributed by atoms with Gasteiger partial charge in [-0.05, 0) is 34.6 Å². The molecule has 0 aromatic carbocycles. The van der Waals surface area contributed by atoms with Gasteiger partial charge in [-0.2, -0.15) is 0 Å². The fourth-order valence-electron chi connectivity index (χ4n) is 4.16. The molecule has 0 bridgehead atoms. The van der Waals surface area contributed by atoms with Crippen molar-refractivity contribution in [3.05, 3.63) is 0 Å². The molecule has 3 fully saturated rings. The molecular formula is C16H27INO5+. The highest BCUT2D eigenvalue weighted by atomic mass is 127. The molecule has 3 aliphatic rings. The second-order valence-electron chi connectivity index (χ2n) is 8.22. The second kappa shape index (κ2) is 5.79. The zero-order valence-corrected chi connectivity index (χ0v) is 16.5. The van der Waals surface area contributed by atoms with Gasteiger partial charge in [-0.25, -0.2) is 4.79 Å². The highest BCUT2D eigenvalue weighted by Gasteiger charge is 2.67. The maximum atomic E-state index is 12.4. The number of hydrogen-bond acceptors (Lipinski definition) is 5. The van der Waals surface area contributed by atoms with E-state index in [4.69, 9.17) is 14.2 Å². The molecule has 132 valence electrons. The van der Waals surface area contributed by atoms with Gasteiger partial charge in [-0.1, -0.05) is 22.6 Å². The van der Waals surface area contributed by atoms with Gasteiger partial charge in [0.15, 0.2) is 11.8 Å². The molecule has 2 N–H and O–H groups in total. The van der Waals surface area contributed by atoms with Crippen molar-refractivity contribution < 1.29 is 29.0 Å². The van der Waals surface area contributed by atoms with E-state index in [-0.39, 0.29) is 24.3 Å². The lowest BCUT2D eigenvalue weighted by Crippen LogP contribution is -3.18. The lowest BCUT2D eigenvalue weighted by atomic mass is 10.0. The molecule has 23 heavy (non-hydrogen) atoms. The van der Waals surface area contributed by atoms with E-state index in [1.165, 1.54) is 4.90 Å². The smallest absolute Gasteiger partial charge is 0.341 e. The van der Waals surface area contributed by atoms with E-state index in [9.17, 15) is 9.90 Å². The summed E-state index contributed by atoms with van der Waals surface area (Å²) in [4.78, 5) is 13.6. The van der Waals surface area contributed by atoms with Crippen LogP contribution >= 0.6 is 22.6 Å². The molecule has 3 saturated heterocycles. The number of hydrogen-bond donors (Lipinski definition) is 2. The number of nitrogens with one attached hydrogen (secondary N) is 1. The van der Waals surface area contributed by atoms with Crippen molar-refractivity contribution in [3.63, 3.8) is 0 Å². The summed E-state index contributed by atoms with van der Waals surface area (Å²) in [5.41, 5.74) is -0.617. The number of rotatable bonds is 2. The monoisotopic (exact) mass is 440 g/mol. The van der Waals surface area contributed by atoms with Crippen LogP contribution in [-0.4, -0.2) is 63.3 Å². The van der Waals surface area contributed by atoms with Crippen LogP contribution in [0.1, 0.15) is 41.0 Å². The molecule has 6 nitrogen and oxygen atoms in total. The number of alkyl halides is 1.